The Balaban J connectivity index is 2.30. The minimum Gasteiger partial charge on any atom is -0.113 e. The lowest BCUT2D eigenvalue weighted by molar-refractivity contribution is 0.117. The van der Waals surface area contributed by atoms with Crippen molar-refractivity contribution in [1.29, 1.82) is 0 Å². The molecule has 0 radical (unpaired) electrons. The van der Waals surface area contributed by atoms with Crippen LogP contribution in [0.4, 0.5) is 0 Å². The number of fused-ring (bicyclic) bond motifs is 2. The molecule has 0 aromatic heterocycles. The molecule has 0 nitrogen and oxygen atoms in total. The van der Waals surface area contributed by atoms with Crippen LogP contribution in [0.2, 0.25) is 0 Å². The zero-order valence-electron chi connectivity index (χ0n) is 10.4. The van der Waals surface area contributed by atoms with Gasteiger partial charge in [-0.05, 0) is 61.4 Å². The van der Waals surface area contributed by atoms with Gasteiger partial charge in [0.25, 0.3) is 0 Å². The van der Waals surface area contributed by atoms with E-state index in [0.717, 1.165) is 11.8 Å². The topological polar surface area (TPSA) is 0 Å². The van der Waals surface area contributed by atoms with Crippen LogP contribution < -0.4 is 0 Å². The summed E-state index contributed by atoms with van der Waals surface area (Å²) in [5.74, 6) is 2.02. The molecule has 2 saturated carbocycles. The summed E-state index contributed by atoms with van der Waals surface area (Å²) in [5, 5.41) is 0. The largest absolute Gasteiger partial charge is 0.113 e. The van der Waals surface area contributed by atoms with Gasteiger partial charge in [0.15, 0.2) is 0 Å². The van der Waals surface area contributed by atoms with E-state index in [0.29, 0.717) is 10.8 Å². The highest BCUT2D eigenvalue weighted by Crippen LogP contribution is 2.70. The molecule has 2 bridgehead atoms. The third kappa shape index (κ3) is 1.22. The van der Waals surface area contributed by atoms with Crippen LogP contribution in [0.15, 0.2) is 0 Å². The van der Waals surface area contributed by atoms with E-state index in [1.807, 2.05) is 0 Å². The monoisotopic (exact) mass is 212 g/mol. The Morgan fingerprint density at radius 1 is 1.29 bits per heavy atom. The van der Waals surface area contributed by atoms with Crippen molar-refractivity contribution in [2.45, 2.75) is 40.0 Å². The van der Waals surface area contributed by atoms with Crippen LogP contribution in [0.5, 0.6) is 0 Å². The van der Waals surface area contributed by atoms with Crippen molar-refractivity contribution in [3.63, 3.8) is 0 Å². The Labute approximate surface area is 90.6 Å². The predicted molar refractivity (Wildman–Crippen MR) is 66.4 cm³/mol. The SMILES string of the molecule is CC1CC2CCC1(CP(C)C)C2(C)C. The van der Waals surface area contributed by atoms with E-state index >= 15 is 0 Å². The molecule has 0 aromatic rings. The summed E-state index contributed by atoms with van der Waals surface area (Å²) in [6, 6.07) is 0. The molecule has 1 heteroatoms. The lowest BCUT2D eigenvalue weighted by Gasteiger charge is -2.43. The van der Waals surface area contributed by atoms with E-state index in [4.69, 9.17) is 0 Å². The fourth-order valence-electron chi connectivity index (χ4n) is 4.47. The van der Waals surface area contributed by atoms with Gasteiger partial charge in [0.05, 0.1) is 0 Å². The second kappa shape index (κ2) is 3.21. The van der Waals surface area contributed by atoms with Gasteiger partial charge in [0.1, 0.15) is 0 Å². The summed E-state index contributed by atoms with van der Waals surface area (Å²) < 4.78 is 0. The first-order valence-electron chi connectivity index (χ1n) is 6.05. The molecular formula is C13H25P. The maximum absolute atomic E-state index is 2.55. The van der Waals surface area contributed by atoms with E-state index < -0.39 is 0 Å². The molecule has 3 atom stereocenters. The molecule has 0 spiro atoms. The van der Waals surface area contributed by atoms with Crippen LogP contribution in [-0.2, 0) is 0 Å². The van der Waals surface area contributed by atoms with Gasteiger partial charge >= 0.3 is 0 Å². The van der Waals surface area contributed by atoms with Gasteiger partial charge in [0.2, 0.25) is 0 Å². The molecule has 2 fully saturated rings. The molecule has 2 rings (SSSR count). The first-order valence-corrected chi connectivity index (χ1v) is 8.47. The summed E-state index contributed by atoms with van der Waals surface area (Å²) in [5.41, 5.74) is 1.35. The third-order valence-corrected chi connectivity index (χ3v) is 6.62. The maximum Gasteiger partial charge on any atom is -0.0179 e. The van der Waals surface area contributed by atoms with Crippen LogP contribution in [0.25, 0.3) is 0 Å². The number of hydrogen-bond donors (Lipinski definition) is 0. The Kier molecular flexibility index (Phi) is 2.51. The highest BCUT2D eigenvalue weighted by atomic mass is 31.1. The second-order valence-corrected chi connectivity index (χ2v) is 8.96. The summed E-state index contributed by atoms with van der Waals surface area (Å²) >= 11 is 0. The molecule has 3 unspecified atom stereocenters. The molecule has 14 heavy (non-hydrogen) atoms. The summed E-state index contributed by atoms with van der Waals surface area (Å²) in [4.78, 5) is 0. The fourth-order valence-corrected chi connectivity index (χ4v) is 6.48. The average Bonchev–Trinajstić information content (AvgIpc) is 2.36. The van der Waals surface area contributed by atoms with Crippen LogP contribution in [0.1, 0.15) is 40.0 Å². The van der Waals surface area contributed by atoms with Gasteiger partial charge in [0, 0.05) is 0 Å². The average molecular weight is 212 g/mol. The standard InChI is InChI=1S/C13H25P/c1-10-8-11-6-7-13(10,9-14(4)5)12(11,2)3/h10-11H,6-9H2,1-5H3. The number of rotatable bonds is 2. The van der Waals surface area contributed by atoms with Crippen LogP contribution in [0, 0.1) is 22.7 Å². The molecule has 82 valence electrons. The molecule has 0 aromatic carbocycles. The normalized spacial score (nSPS) is 45.0. The Morgan fingerprint density at radius 2 is 1.93 bits per heavy atom. The molecule has 0 amide bonds. The second-order valence-electron chi connectivity index (χ2n) is 6.49. The van der Waals surface area contributed by atoms with E-state index in [9.17, 15) is 0 Å². The van der Waals surface area contributed by atoms with Gasteiger partial charge in [-0.3, -0.25) is 0 Å². The van der Waals surface area contributed by atoms with Crippen LogP contribution >= 0.6 is 7.92 Å². The molecule has 0 aliphatic heterocycles. The molecule has 0 N–H and O–H groups in total. The Bertz CT molecular complexity index is 231. The lowest BCUT2D eigenvalue weighted by atomic mass is 9.67. The Morgan fingerprint density at radius 3 is 2.29 bits per heavy atom. The summed E-state index contributed by atoms with van der Waals surface area (Å²) in [6.07, 6.45) is 6.07. The van der Waals surface area contributed by atoms with Gasteiger partial charge in [-0.2, -0.15) is 0 Å². The van der Waals surface area contributed by atoms with E-state index in [1.165, 1.54) is 25.4 Å². The third-order valence-electron chi connectivity index (χ3n) is 5.42. The van der Waals surface area contributed by atoms with Crippen molar-refractivity contribution in [1.82, 2.24) is 0 Å². The minimum atomic E-state index is 0.276. The quantitative estimate of drug-likeness (QED) is 0.602. The lowest BCUT2D eigenvalue weighted by Crippen LogP contribution is -2.37. The van der Waals surface area contributed by atoms with E-state index in [-0.39, 0.29) is 7.92 Å². The first kappa shape index (κ1) is 10.9. The first-order chi connectivity index (χ1) is 6.40. The van der Waals surface area contributed by atoms with Gasteiger partial charge in [-0.15, -0.1) is 7.92 Å². The molecule has 0 heterocycles. The fraction of sp³-hybridized carbons (Fsp3) is 1.00. The van der Waals surface area contributed by atoms with Crippen LogP contribution in [0.3, 0.4) is 0 Å². The van der Waals surface area contributed by atoms with Crippen molar-refractivity contribution >= 4 is 7.92 Å². The maximum atomic E-state index is 2.55. The smallest absolute Gasteiger partial charge is 0.0179 e. The van der Waals surface area contributed by atoms with E-state index in [1.54, 1.807) is 0 Å². The zero-order valence-corrected chi connectivity index (χ0v) is 11.3. The highest BCUT2D eigenvalue weighted by molar-refractivity contribution is 7.56. The van der Waals surface area contributed by atoms with Gasteiger partial charge < -0.3 is 0 Å². The van der Waals surface area contributed by atoms with Crippen molar-refractivity contribution in [2.24, 2.45) is 22.7 Å². The van der Waals surface area contributed by atoms with Crippen molar-refractivity contribution in [3.05, 3.63) is 0 Å². The Hall–Kier alpha value is 0.430. The van der Waals surface area contributed by atoms with Crippen molar-refractivity contribution < 1.29 is 0 Å². The van der Waals surface area contributed by atoms with E-state index in [2.05, 4.69) is 34.1 Å². The van der Waals surface area contributed by atoms with Crippen molar-refractivity contribution in [2.75, 3.05) is 19.5 Å². The number of hydrogen-bond acceptors (Lipinski definition) is 0. The zero-order chi connectivity index (χ0) is 10.6. The van der Waals surface area contributed by atoms with Gasteiger partial charge in [-0.1, -0.05) is 20.8 Å². The highest BCUT2D eigenvalue weighted by Gasteiger charge is 2.61. The molecule has 0 saturated heterocycles. The predicted octanol–water partition coefficient (Wildman–Crippen LogP) is 4.19. The van der Waals surface area contributed by atoms with Gasteiger partial charge in [-0.25, -0.2) is 0 Å². The molecule has 2 aliphatic rings. The van der Waals surface area contributed by atoms with Crippen molar-refractivity contribution in [3.8, 4) is 0 Å². The minimum absolute atomic E-state index is 0.276. The summed E-state index contributed by atoms with van der Waals surface area (Å²) in [7, 11) is 0.276. The molecule has 2 aliphatic carbocycles. The van der Waals surface area contributed by atoms with Crippen LogP contribution in [-0.4, -0.2) is 19.5 Å². The molecular weight excluding hydrogens is 187 g/mol. The summed E-state index contributed by atoms with van der Waals surface area (Å²) in [6.45, 7) is 12.5.